The van der Waals surface area contributed by atoms with Gasteiger partial charge in [0.2, 0.25) is 6.79 Å². The zero-order valence-electron chi connectivity index (χ0n) is 13.8. The van der Waals surface area contributed by atoms with Crippen LogP contribution >= 0.6 is 11.6 Å². The molecule has 136 valence electrons. The van der Waals surface area contributed by atoms with E-state index in [9.17, 15) is 14.0 Å². The molecule has 0 bridgehead atoms. The van der Waals surface area contributed by atoms with Gasteiger partial charge in [0.15, 0.2) is 17.6 Å². The highest BCUT2D eigenvalue weighted by Gasteiger charge is 2.21. The lowest BCUT2D eigenvalue weighted by Gasteiger charge is -2.14. The first-order valence-corrected chi connectivity index (χ1v) is 8.14. The summed E-state index contributed by atoms with van der Waals surface area (Å²) in [5, 5.41) is 2.58. The van der Waals surface area contributed by atoms with E-state index in [2.05, 4.69) is 5.32 Å². The molecule has 1 amide bonds. The Morgan fingerprint density at radius 1 is 1.23 bits per heavy atom. The van der Waals surface area contributed by atoms with Crippen molar-refractivity contribution in [2.75, 3.05) is 6.79 Å². The van der Waals surface area contributed by atoms with Crippen LogP contribution in [0.3, 0.4) is 0 Å². The first-order valence-electron chi connectivity index (χ1n) is 7.76. The summed E-state index contributed by atoms with van der Waals surface area (Å²) in [6.07, 6.45) is -1.04. The molecule has 1 aliphatic heterocycles. The molecule has 1 atom stereocenters. The van der Waals surface area contributed by atoms with Crippen LogP contribution in [0.4, 0.5) is 4.39 Å². The van der Waals surface area contributed by atoms with E-state index < -0.39 is 23.8 Å². The van der Waals surface area contributed by atoms with Gasteiger partial charge in [-0.1, -0.05) is 17.7 Å². The summed E-state index contributed by atoms with van der Waals surface area (Å²) in [6.45, 7) is 1.84. The Hall–Kier alpha value is -2.80. The van der Waals surface area contributed by atoms with Crippen molar-refractivity contribution in [3.8, 4) is 11.5 Å². The lowest BCUT2D eigenvalue weighted by Crippen LogP contribution is -2.35. The van der Waals surface area contributed by atoms with E-state index in [4.69, 9.17) is 25.8 Å². The molecule has 1 heterocycles. The molecule has 6 nitrogen and oxygen atoms in total. The van der Waals surface area contributed by atoms with Gasteiger partial charge in [-0.05, 0) is 42.8 Å². The number of nitrogens with one attached hydrogen (secondary N) is 1. The minimum absolute atomic E-state index is 0.0107. The van der Waals surface area contributed by atoms with E-state index >= 15 is 0 Å². The van der Waals surface area contributed by atoms with Gasteiger partial charge in [0.1, 0.15) is 5.82 Å². The number of carbonyl (C=O) groups excluding carboxylic acids is 2. The highest BCUT2D eigenvalue weighted by Crippen LogP contribution is 2.32. The fourth-order valence-corrected chi connectivity index (χ4v) is 2.56. The summed E-state index contributed by atoms with van der Waals surface area (Å²) in [7, 11) is 0. The van der Waals surface area contributed by atoms with E-state index in [-0.39, 0.29) is 23.9 Å². The maximum Gasteiger partial charge on any atom is 0.340 e. The largest absolute Gasteiger partial charge is 0.454 e. The Labute approximate surface area is 153 Å². The minimum atomic E-state index is -1.04. The van der Waals surface area contributed by atoms with Crippen LogP contribution < -0.4 is 14.8 Å². The summed E-state index contributed by atoms with van der Waals surface area (Å²) >= 11 is 5.81. The zero-order valence-corrected chi connectivity index (χ0v) is 14.5. The second-order valence-corrected chi connectivity index (χ2v) is 5.98. The van der Waals surface area contributed by atoms with Gasteiger partial charge in [-0.3, -0.25) is 4.79 Å². The third kappa shape index (κ3) is 4.05. The number of ether oxygens (including phenoxy) is 3. The molecular weight excluding hydrogens is 365 g/mol. The molecule has 0 aliphatic carbocycles. The average molecular weight is 380 g/mol. The third-order valence-corrected chi connectivity index (χ3v) is 4.02. The molecule has 0 spiro atoms. The number of hydrogen-bond acceptors (Lipinski definition) is 5. The van der Waals surface area contributed by atoms with Crippen molar-refractivity contribution in [1.82, 2.24) is 5.32 Å². The molecule has 2 aromatic carbocycles. The average Bonchev–Trinajstić information content (AvgIpc) is 3.07. The van der Waals surface area contributed by atoms with Gasteiger partial charge in [-0.15, -0.1) is 0 Å². The van der Waals surface area contributed by atoms with Crippen LogP contribution in [0.1, 0.15) is 22.8 Å². The van der Waals surface area contributed by atoms with Crippen LogP contribution in [-0.4, -0.2) is 24.8 Å². The Kier molecular flexibility index (Phi) is 5.27. The topological polar surface area (TPSA) is 73.9 Å². The summed E-state index contributed by atoms with van der Waals surface area (Å²) in [5.74, 6) is -0.586. The number of rotatable bonds is 5. The van der Waals surface area contributed by atoms with E-state index in [1.165, 1.54) is 13.0 Å². The van der Waals surface area contributed by atoms with Gasteiger partial charge in [-0.25, -0.2) is 9.18 Å². The highest BCUT2D eigenvalue weighted by molar-refractivity contribution is 6.33. The molecule has 0 fully saturated rings. The highest BCUT2D eigenvalue weighted by atomic mass is 35.5. The summed E-state index contributed by atoms with van der Waals surface area (Å²) in [4.78, 5) is 24.2. The SMILES string of the molecule is CC(OC(=O)c1ccc(F)cc1Cl)C(=O)NCc1ccc2c(c1)OCO2. The summed E-state index contributed by atoms with van der Waals surface area (Å²) < 4.78 is 28.6. The first kappa shape index (κ1) is 18.0. The second-order valence-electron chi connectivity index (χ2n) is 5.58. The fraction of sp³-hybridized carbons (Fsp3) is 0.222. The molecule has 8 heteroatoms. The maximum absolute atomic E-state index is 13.0. The van der Waals surface area contributed by atoms with Crippen molar-refractivity contribution >= 4 is 23.5 Å². The van der Waals surface area contributed by atoms with Crippen molar-refractivity contribution in [1.29, 1.82) is 0 Å². The standard InChI is InChI=1S/C18H15ClFNO5/c1-10(26-18(23)13-4-3-12(20)7-14(13)19)17(22)21-8-11-2-5-15-16(6-11)25-9-24-15/h2-7,10H,8-9H2,1H3,(H,21,22). The van der Waals surface area contributed by atoms with Gasteiger partial charge in [0, 0.05) is 6.54 Å². The Bertz CT molecular complexity index is 857. The number of esters is 1. The quantitative estimate of drug-likeness (QED) is 0.808. The Balaban J connectivity index is 1.55. The lowest BCUT2D eigenvalue weighted by atomic mass is 10.2. The molecule has 2 aromatic rings. The fourth-order valence-electron chi connectivity index (χ4n) is 2.32. The van der Waals surface area contributed by atoms with Gasteiger partial charge in [0.05, 0.1) is 10.6 Å². The number of fused-ring (bicyclic) bond motifs is 1. The van der Waals surface area contributed by atoms with Crippen molar-refractivity contribution in [3.63, 3.8) is 0 Å². The minimum Gasteiger partial charge on any atom is -0.454 e. The number of benzene rings is 2. The molecule has 1 aliphatic rings. The van der Waals surface area contributed by atoms with Crippen molar-refractivity contribution in [2.24, 2.45) is 0 Å². The molecular formula is C18H15ClFNO5. The Morgan fingerprint density at radius 2 is 2.00 bits per heavy atom. The first-order chi connectivity index (χ1) is 12.4. The molecule has 3 rings (SSSR count). The van der Waals surface area contributed by atoms with Crippen molar-refractivity contribution in [3.05, 3.63) is 58.4 Å². The van der Waals surface area contributed by atoms with Crippen LogP contribution in [-0.2, 0) is 16.1 Å². The molecule has 1 N–H and O–H groups in total. The summed E-state index contributed by atoms with van der Waals surface area (Å²) in [6, 6.07) is 8.61. The number of hydrogen-bond donors (Lipinski definition) is 1. The van der Waals surface area contributed by atoms with Crippen molar-refractivity contribution < 1.29 is 28.2 Å². The molecule has 0 aromatic heterocycles. The smallest absolute Gasteiger partial charge is 0.340 e. The van der Waals surface area contributed by atoms with Gasteiger partial charge in [0.25, 0.3) is 5.91 Å². The van der Waals surface area contributed by atoms with Gasteiger partial charge < -0.3 is 19.5 Å². The number of carbonyl (C=O) groups is 2. The van der Waals surface area contributed by atoms with Crippen LogP contribution in [0.25, 0.3) is 0 Å². The molecule has 0 saturated carbocycles. The van der Waals surface area contributed by atoms with Gasteiger partial charge >= 0.3 is 5.97 Å². The van der Waals surface area contributed by atoms with Crippen LogP contribution in [0.2, 0.25) is 5.02 Å². The van der Waals surface area contributed by atoms with E-state index in [0.29, 0.717) is 11.5 Å². The van der Waals surface area contributed by atoms with Crippen LogP contribution in [0, 0.1) is 5.82 Å². The monoisotopic (exact) mass is 379 g/mol. The molecule has 0 saturated heterocycles. The molecule has 0 radical (unpaired) electrons. The van der Waals surface area contributed by atoms with E-state index in [0.717, 1.165) is 17.7 Å². The predicted molar refractivity (Wildman–Crippen MR) is 90.7 cm³/mol. The lowest BCUT2D eigenvalue weighted by molar-refractivity contribution is -0.129. The van der Waals surface area contributed by atoms with Crippen LogP contribution in [0.15, 0.2) is 36.4 Å². The Morgan fingerprint density at radius 3 is 2.77 bits per heavy atom. The van der Waals surface area contributed by atoms with Crippen LogP contribution in [0.5, 0.6) is 11.5 Å². The molecule has 1 unspecified atom stereocenters. The van der Waals surface area contributed by atoms with Crippen molar-refractivity contribution in [2.45, 2.75) is 19.6 Å². The normalized spacial score (nSPS) is 13.2. The zero-order chi connectivity index (χ0) is 18.7. The molecule has 26 heavy (non-hydrogen) atoms. The maximum atomic E-state index is 13.0. The number of amides is 1. The number of halogens is 2. The predicted octanol–water partition coefficient (Wildman–Crippen LogP) is 3.07. The summed E-state index contributed by atoms with van der Waals surface area (Å²) in [5.41, 5.74) is 0.797. The third-order valence-electron chi connectivity index (χ3n) is 3.71. The van der Waals surface area contributed by atoms with E-state index in [1.54, 1.807) is 18.2 Å². The van der Waals surface area contributed by atoms with E-state index in [1.807, 2.05) is 0 Å². The second kappa shape index (κ2) is 7.61. The van der Waals surface area contributed by atoms with Gasteiger partial charge in [-0.2, -0.15) is 0 Å².